The number of rotatable bonds is 5. The second-order valence-electron chi connectivity index (χ2n) is 2.35. The van der Waals surface area contributed by atoms with Crippen LogP contribution in [0.3, 0.4) is 0 Å². The quantitative estimate of drug-likeness (QED) is 0.445. The van der Waals surface area contributed by atoms with Crippen LogP contribution in [0.1, 0.15) is 12.8 Å². The van der Waals surface area contributed by atoms with Crippen molar-refractivity contribution in [3.05, 3.63) is 0 Å². The van der Waals surface area contributed by atoms with Gasteiger partial charge in [0.25, 0.3) is 0 Å². The molecular formula is C6H13N3O2. The van der Waals surface area contributed by atoms with Crippen LogP contribution in [0.5, 0.6) is 0 Å². The first kappa shape index (κ1) is 9.90. The molecule has 0 saturated heterocycles. The summed E-state index contributed by atoms with van der Waals surface area (Å²) in [5.41, 5.74) is 15.0. The summed E-state index contributed by atoms with van der Waals surface area (Å²) in [6.07, 6.45) is 0.408. The molecule has 6 N–H and O–H groups in total. The highest BCUT2D eigenvalue weighted by molar-refractivity contribution is 5.83. The predicted octanol–water partition coefficient (Wildman–Crippen LogP) is -1.69. The Bertz CT molecular complexity index is 158. The zero-order valence-corrected chi connectivity index (χ0v) is 6.25. The van der Waals surface area contributed by atoms with Crippen LogP contribution in [0.15, 0.2) is 0 Å². The molecule has 0 saturated carbocycles. The number of carbonyl (C=O) groups is 2. The summed E-state index contributed by atoms with van der Waals surface area (Å²) in [4.78, 5) is 20.9. The van der Waals surface area contributed by atoms with Gasteiger partial charge in [-0.05, 0) is 13.0 Å². The smallest absolute Gasteiger partial charge is 0.221 e. The third kappa shape index (κ3) is 4.32. The Balaban J connectivity index is 3.89. The van der Waals surface area contributed by atoms with E-state index >= 15 is 0 Å². The predicted molar refractivity (Wildman–Crippen MR) is 40.2 cm³/mol. The fourth-order valence-electron chi connectivity index (χ4n) is 0.789. The van der Waals surface area contributed by atoms with E-state index in [-0.39, 0.29) is 6.42 Å². The molecule has 0 spiro atoms. The van der Waals surface area contributed by atoms with E-state index < -0.39 is 17.7 Å². The molecule has 0 aliphatic heterocycles. The van der Waals surface area contributed by atoms with Crippen molar-refractivity contribution in [1.29, 1.82) is 0 Å². The van der Waals surface area contributed by atoms with Gasteiger partial charge in [-0.2, -0.15) is 0 Å². The molecule has 0 heterocycles. The van der Waals surface area contributed by atoms with Crippen molar-refractivity contribution in [3.8, 4) is 0 Å². The molecule has 0 radical (unpaired) electrons. The monoisotopic (exact) mass is 159 g/mol. The molecule has 0 aromatic heterocycles. The van der Waals surface area contributed by atoms with Gasteiger partial charge in [0, 0.05) is 12.3 Å². The molecule has 11 heavy (non-hydrogen) atoms. The van der Waals surface area contributed by atoms with Gasteiger partial charge in [-0.25, -0.2) is 0 Å². The van der Waals surface area contributed by atoms with Crippen molar-refractivity contribution in [3.63, 3.8) is 0 Å². The fourth-order valence-corrected chi connectivity index (χ4v) is 0.789. The Morgan fingerprint density at radius 2 is 1.82 bits per heavy atom. The molecule has 2 amide bonds. The number of nitrogens with two attached hydrogens (primary N) is 3. The maximum atomic E-state index is 10.6. The molecule has 1 atom stereocenters. The molecule has 1 unspecified atom stereocenters. The third-order valence-electron chi connectivity index (χ3n) is 1.37. The minimum Gasteiger partial charge on any atom is -0.370 e. The lowest BCUT2D eigenvalue weighted by atomic mass is 10.0. The summed E-state index contributed by atoms with van der Waals surface area (Å²) < 4.78 is 0. The molecule has 0 aromatic rings. The number of amides is 2. The lowest BCUT2D eigenvalue weighted by Gasteiger charge is -2.08. The van der Waals surface area contributed by atoms with E-state index in [1.807, 2.05) is 0 Å². The zero-order chi connectivity index (χ0) is 8.85. The summed E-state index contributed by atoms with van der Waals surface area (Å²) >= 11 is 0. The van der Waals surface area contributed by atoms with Gasteiger partial charge in [-0.1, -0.05) is 0 Å². The molecule has 0 aromatic carbocycles. The largest absolute Gasteiger partial charge is 0.370 e. The molecule has 0 rings (SSSR count). The first-order valence-corrected chi connectivity index (χ1v) is 3.35. The van der Waals surface area contributed by atoms with Crippen LogP contribution in [0.25, 0.3) is 0 Å². The summed E-state index contributed by atoms with van der Waals surface area (Å²) in [6, 6.07) is 0. The Hall–Kier alpha value is -1.10. The number of hydrogen-bond acceptors (Lipinski definition) is 3. The molecule has 0 bridgehead atoms. The SMILES string of the molecule is NCCC(CC(N)=O)C(N)=O. The number of primary amides is 2. The van der Waals surface area contributed by atoms with E-state index in [4.69, 9.17) is 17.2 Å². The highest BCUT2D eigenvalue weighted by Gasteiger charge is 2.16. The van der Waals surface area contributed by atoms with E-state index in [0.29, 0.717) is 13.0 Å². The molecule has 0 aliphatic carbocycles. The van der Waals surface area contributed by atoms with Crippen molar-refractivity contribution >= 4 is 11.8 Å². The summed E-state index contributed by atoms with van der Waals surface area (Å²) in [6.45, 7) is 0.334. The summed E-state index contributed by atoms with van der Waals surface area (Å²) in [7, 11) is 0. The highest BCUT2D eigenvalue weighted by atomic mass is 16.2. The van der Waals surface area contributed by atoms with Crippen LogP contribution in [0.2, 0.25) is 0 Å². The number of hydrogen-bond donors (Lipinski definition) is 3. The number of carbonyl (C=O) groups excluding carboxylic acids is 2. The molecule has 0 fully saturated rings. The van der Waals surface area contributed by atoms with Crippen LogP contribution >= 0.6 is 0 Å². The Morgan fingerprint density at radius 1 is 1.27 bits per heavy atom. The van der Waals surface area contributed by atoms with Gasteiger partial charge >= 0.3 is 0 Å². The minimum absolute atomic E-state index is 0.00741. The Morgan fingerprint density at radius 3 is 2.09 bits per heavy atom. The van der Waals surface area contributed by atoms with Gasteiger partial charge in [-0.15, -0.1) is 0 Å². The second kappa shape index (κ2) is 4.68. The van der Waals surface area contributed by atoms with E-state index in [1.165, 1.54) is 0 Å². The Labute approximate surface area is 64.9 Å². The van der Waals surface area contributed by atoms with Gasteiger partial charge in [0.2, 0.25) is 11.8 Å². The summed E-state index contributed by atoms with van der Waals surface area (Å²) in [5, 5.41) is 0. The fraction of sp³-hybridized carbons (Fsp3) is 0.667. The molecule has 5 heteroatoms. The van der Waals surface area contributed by atoms with E-state index in [2.05, 4.69) is 0 Å². The lowest BCUT2D eigenvalue weighted by molar-refractivity contribution is -0.127. The topological polar surface area (TPSA) is 112 Å². The van der Waals surface area contributed by atoms with Crippen molar-refractivity contribution in [2.45, 2.75) is 12.8 Å². The van der Waals surface area contributed by atoms with Gasteiger partial charge in [0.15, 0.2) is 0 Å². The van der Waals surface area contributed by atoms with Crippen molar-refractivity contribution in [2.24, 2.45) is 23.1 Å². The standard InChI is InChI=1S/C6H13N3O2/c7-2-1-4(6(9)11)3-5(8)10/h4H,1-3,7H2,(H2,8,10)(H2,9,11). The summed E-state index contributed by atoms with van der Waals surface area (Å²) in [5.74, 6) is -1.55. The van der Waals surface area contributed by atoms with Crippen LogP contribution in [0.4, 0.5) is 0 Å². The maximum Gasteiger partial charge on any atom is 0.221 e. The molecule has 5 nitrogen and oxygen atoms in total. The van der Waals surface area contributed by atoms with Crippen LogP contribution < -0.4 is 17.2 Å². The van der Waals surface area contributed by atoms with Crippen LogP contribution in [-0.2, 0) is 9.59 Å². The van der Waals surface area contributed by atoms with E-state index in [1.54, 1.807) is 0 Å². The van der Waals surface area contributed by atoms with Crippen LogP contribution in [0, 0.1) is 5.92 Å². The van der Waals surface area contributed by atoms with Crippen molar-refractivity contribution < 1.29 is 9.59 Å². The van der Waals surface area contributed by atoms with Gasteiger partial charge < -0.3 is 17.2 Å². The minimum atomic E-state index is -0.526. The highest BCUT2D eigenvalue weighted by Crippen LogP contribution is 2.05. The van der Waals surface area contributed by atoms with Crippen molar-refractivity contribution in [1.82, 2.24) is 0 Å². The van der Waals surface area contributed by atoms with E-state index in [9.17, 15) is 9.59 Å². The van der Waals surface area contributed by atoms with Gasteiger partial charge in [-0.3, -0.25) is 9.59 Å². The average Bonchev–Trinajstić information content (AvgIpc) is 1.86. The molecule has 64 valence electrons. The van der Waals surface area contributed by atoms with E-state index in [0.717, 1.165) is 0 Å². The lowest BCUT2D eigenvalue weighted by Crippen LogP contribution is -2.29. The van der Waals surface area contributed by atoms with Gasteiger partial charge in [0.05, 0.1) is 0 Å². The van der Waals surface area contributed by atoms with Crippen LogP contribution in [-0.4, -0.2) is 18.4 Å². The molecule has 0 aliphatic rings. The average molecular weight is 159 g/mol. The maximum absolute atomic E-state index is 10.6. The zero-order valence-electron chi connectivity index (χ0n) is 6.25. The van der Waals surface area contributed by atoms with Crippen molar-refractivity contribution in [2.75, 3.05) is 6.54 Å². The first-order valence-electron chi connectivity index (χ1n) is 3.35. The molecular weight excluding hydrogens is 146 g/mol. The normalized spacial score (nSPS) is 12.5. The Kier molecular flexibility index (Phi) is 4.21. The third-order valence-corrected chi connectivity index (χ3v) is 1.37. The second-order valence-corrected chi connectivity index (χ2v) is 2.35. The first-order chi connectivity index (χ1) is 5.07. The van der Waals surface area contributed by atoms with Gasteiger partial charge in [0.1, 0.15) is 0 Å².